The van der Waals surface area contributed by atoms with Crippen LogP contribution in [0.3, 0.4) is 0 Å². The van der Waals surface area contributed by atoms with Crippen molar-refractivity contribution in [2.75, 3.05) is 5.32 Å². The Hall–Kier alpha value is -2.87. The van der Waals surface area contributed by atoms with Gasteiger partial charge in [0.05, 0.1) is 11.6 Å². The number of amides is 1. The van der Waals surface area contributed by atoms with Crippen molar-refractivity contribution < 1.29 is 4.79 Å². The van der Waals surface area contributed by atoms with Crippen LogP contribution in [0.5, 0.6) is 0 Å². The third kappa shape index (κ3) is 3.67. The van der Waals surface area contributed by atoms with Gasteiger partial charge in [-0.1, -0.05) is 19.9 Å². The lowest BCUT2D eigenvalue weighted by Crippen LogP contribution is -2.36. The van der Waals surface area contributed by atoms with Gasteiger partial charge in [0.1, 0.15) is 6.04 Å². The highest BCUT2D eigenvalue weighted by molar-refractivity contribution is 5.93. The van der Waals surface area contributed by atoms with Crippen molar-refractivity contribution in [3.63, 3.8) is 0 Å². The fraction of sp³-hybridized carbons (Fsp3) is 0.278. The Morgan fingerprint density at radius 2 is 1.87 bits per heavy atom. The van der Waals surface area contributed by atoms with E-state index in [-0.39, 0.29) is 17.4 Å². The fourth-order valence-electron chi connectivity index (χ4n) is 2.44. The molecule has 1 unspecified atom stereocenters. The van der Waals surface area contributed by atoms with E-state index in [1.165, 1.54) is 4.57 Å². The summed E-state index contributed by atoms with van der Waals surface area (Å²) < 4.78 is 1.47. The summed E-state index contributed by atoms with van der Waals surface area (Å²) in [5.41, 5.74) is 1.56. The molecule has 5 heteroatoms. The van der Waals surface area contributed by atoms with Crippen LogP contribution in [0.4, 0.5) is 5.69 Å². The van der Waals surface area contributed by atoms with Crippen LogP contribution >= 0.6 is 0 Å². The number of carbonyl (C=O) groups excluding carboxylic acids is 1. The van der Waals surface area contributed by atoms with Crippen molar-refractivity contribution in [2.45, 2.75) is 26.8 Å². The normalized spacial score (nSPS) is 11.8. The molecule has 1 atom stereocenters. The van der Waals surface area contributed by atoms with Gasteiger partial charge in [0.2, 0.25) is 5.91 Å². The zero-order chi connectivity index (χ0) is 17.0. The zero-order valence-electron chi connectivity index (χ0n) is 13.4. The van der Waals surface area contributed by atoms with Gasteiger partial charge in [-0.25, -0.2) is 0 Å². The maximum atomic E-state index is 12.6. The van der Waals surface area contributed by atoms with E-state index in [4.69, 9.17) is 5.26 Å². The number of nitriles is 1. The molecule has 0 saturated carbocycles. The predicted molar refractivity (Wildman–Crippen MR) is 89.1 cm³/mol. The minimum Gasteiger partial charge on any atom is -0.324 e. The summed E-state index contributed by atoms with van der Waals surface area (Å²) in [6.45, 7) is 5.53. The molecular formula is C18H19N3O2. The predicted octanol–water partition coefficient (Wildman–Crippen LogP) is 2.86. The Labute approximate surface area is 135 Å². The van der Waals surface area contributed by atoms with Gasteiger partial charge in [0.15, 0.2) is 0 Å². The average molecular weight is 309 g/mol. The Balaban J connectivity index is 2.30. The number of aromatic nitrogens is 1. The number of anilines is 1. The van der Waals surface area contributed by atoms with Gasteiger partial charge in [-0.05, 0) is 43.2 Å². The van der Waals surface area contributed by atoms with E-state index in [0.29, 0.717) is 16.8 Å². The molecular weight excluding hydrogens is 290 g/mol. The summed E-state index contributed by atoms with van der Waals surface area (Å²) >= 11 is 0. The monoisotopic (exact) mass is 309 g/mol. The van der Waals surface area contributed by atoms with Crippen LogP contribution in [0, 0.1) is 24.2 Å². The van der Waals surface area contributed by atoms with E-state index in [1.807, 2.05) is 19.9 Å². The zero-order valence-corrected chi connectivity index (χ0v) is 13.4. The molecule has 118 valence electrons. The minimum absolute atomic E-state index is 0.0483. The van der Waals surface area contributed by atoms with Crippen molar-refractivity contribution in [2.24, 2.45) is 5.92 Å². The minimum atomic E-state index is -0.599. The first-order valence-corrected chi connectivity index (χ1v) is 7.43. The van der Waals surface area contributed by atoms with Crippen LogP contribution in [0.1, 0.15) is 31.0 Å². The first-order valence-electron chi connectivity index (χ1n) is 7.43. The SMILES string of the molecule is Cc1cccn(C(C(=O)Nc2ccc(C#N)cc2)C(C)C)c1=O. The lowest BCUT2D eigenvalue weighted by atomic mass is 10.0. The van der Waals surface area contributed by atoms with Gasteiger partial charge in [0.25, 0.3) is 5.56 Å². The van der Waals surface area contributed by atoms with E-state index < -0.39 is 6.04 Å². The summed E-state index contributed by atoms with van der Waals surface area (Å²) in [6.07, 6.45) is 1.64. The molecule has 0 radical (unpaired) electrons. The van der Waals surface area contributed by atoms with E-state index in [1.54, 1.807) is 49.5 Å². The molecule has 0 aliphatic rings. The Morgan fingerprint density at radius 1 is 1.22 bits per heavy atom. The number of hydrogen-bond donors (Lipinski definition) is 1. The number of nitrogens with zero attached hydrogens (tertiary/aromatic N) is 2. The van der Waals surface area contributed by atoms with Crippen LogP contribution in [-0.2, 0) is 4.79 Å². The molecule has 1 heterocycles. The van der Waals surface area contributed by atoms with Crippen molar-refractivity contribution in [1.82, 2.24) is 4.57 Å². The van der Waals surface area contributed by atoms with Crippen LogP contribution in [0.15, 0.2) is 47.4 Å². The van der Waals surface area contributed by atoms with E-state index in [0.717, 1.165) is 0 Å². The Bertz CT molecular complexity index is 798. The van der Waals surface area contributed by atoms with E-state index >= 15 is 0 Å². The lowest BCUT2D eigenvalue weighted by molar-refractivity contribution is -0.120. The van der Waals surface area contributed by atoms with Gasteiger partial charge in [-0.15, -0.1) is 0 Å². The third-order valence-corrected chi connectivity index (χ3v) is 3.65. The molecule has 0 aliphatic carbocycles. The Morgan fingerprint density at radius 3 is 2.43 bits per heavy atom. The smallest absolute Gasteiger partial charge is 0.254 e. The molecule has 0 spiro atoms. The van der Waals surface area contributed by atoms with Crippen LogP contribution in [0.25, 0.3) is 0 Å². The molecule has 23 heavy (non-hydrogen) atoms. The molecule has 1 aromatic heterocycles. The number of aryl methyl sites for hydroxylation is 1. The van der Waals surface area contributed by atoms with Crippen LogP contribution in [0.2, 0.25) is 0 Å². The maximum Gasteiger partial charge on any atom is 0.254 e. The van der Waals surface area contributed by atoms with Crippen molar-refractivity contribution >= 4 is 11.6 Å². The second-order valence-electron chi connectivity index (χ2n) is 5.77. The summed E-state index contributed by atoms with van der Waals surface area (Å²) in [5, 5.41) is 11.6. The molecule has 0 saturated heterocycles. The Kier molecular flexibility index (Phi) is 4.97. The van der Waals surface area contributed by atoms with Crippen molar-refractivity contribution in [1.29, 1.82) is 5.26 Å². The maximum absolute atomic E-state index is 12.6. The second kappa shape index (κ2) is 6.93. The first kappa shape index (κ1) is 16.5. The fourth-order valence-corrected chi connectivity index (χ4v) is 2.44. The molecule has 1 aromatic carbocycles. The molecule has 5 nitrogen and oxygen atoms in total. The summed E-state index contributed by atoms with van der Waals surface area (Å²) in [7, 11) is 0. The molecule has 0 aliphatic heterocycles. The molecule has 2 rings (SSSR count). The molecule has 2 aromatic rings. The lowest BCUT2D eigenvalue weighted by Gasteiger charge is -2.23. The highest BCUT2D eigenvalue weighted by Gasteiger charge is 2.25. The second-order valence-corrected chi connectivity index (χ2v) is 5.77. The van der Waals surface area contributed by atoms with Gasteiger partial charge in [0, 0.05) is 17.4 Å². The van der Waals surface area contributed by atoms with Gasteiger partial charge in [-0.3, -0.25) is 9.59 Å². The number of nitrogens with one attached hydrogen (secondary N) is 1. The molecule has 1 N–H and O–H groups in total. The number of pyridine rings is 1. The van der Waals surface area contributed by atoms with E-state index in [2.05, 4.69) is 5.32 Å². The standard InChI is InChI=1S/C18H19N3O2/c1-12(2)16(21-10-4-5-13(3)18(21)23)17(22)20-15-8-6-14(11-19)7-9-15/h4-10,12,16H,1-3H3,(H,20,22). The first-order chi connectivity index (χ1) is 10.9. The summed E-state index contributed by atoms with van der Waals surface area (Å²) in [6, 6.07) is 11.5. The van der Waals surface area contributed by atoms with Gasteiger partial charge in [-0.2, -0.15) is 5.26 Å². The van der Waals surface area contributed by atoms with Crippen LogP contribution < -0.4 is 10.9 Å². The highest BCUT2D eigenvalue weighted by Crippen LogP contribution is 2.19. The van der Waals surface area contributed by atoms with E-state index in [9.17, 15) is 9.59 Å². The number of carbonyl (C=O) groups is 1. The summed E-state index contributed by atoms with van der Waals surface area (Å²) in [5.74, 6) is -0.301. The topological polar surface area (TPSA) is 74.9 Å². The van der Waals surface area contributed by atoms with Gasteiger partial charge >= 0.3 is 0 Å². The van der Waals surface area contributed by atoms with Crippen molar-refractivity contribution in [3.8, 4) is 6.07 Å². The van der Waals surface area contributed by atoms with Crippen LogP contribution in [-0.4, -0.2) is 10.5 Å². The number of hydrogen-bond acceptors (Lipinski definition) is 3. The molecule has 0 bridgehead atoms. The molecule has 1 amide bonds. The van der Waals surface area contributed by atoms with Crippen molar-refractivity contribution in [3.05, 3.63) is 64.1 Å². The average Bonchev–Trinajstić information content (AvgIpc) is 2.52. The number of rotatable bonds is 4. The third-order valence-electron chi connectivity index (χ3n) is 3.65. The van der Waals surface area contributed by atoms with Gasteiger partial charge < -0.3 is 9.88 Å². The highest BCUT2D eigenvalue weighted by atomic mass is 16.2. The quantitative estimate of drug-likeness (QED) is 0.943. The summed E-state index contributed by atoms with van der Waals surface area (Å²) in [4.78, 5) is 24.9. The molecule has 0 fully saturated rings. The largest absolute Gasteiger partial charge is 0.324 e. The number of benzene rings is 1.